The number of ether oxygens (including phenoxy) is 2. The average molecular weight is 662 g/mol. The second-order valence-corrected chi connectivity index (χ2v) is 14.0. The SMILES string of the molecule is C/C=C\C=C(\c1ccccc1)C1Oc2c(-c3cccc4c5c(n(C6=CC=CCC6)c34)C=CCC5)cccc2C12C1=C(C=CC1)Oc1ccccc12. The number of allylic oxidation sites excluding steroid dienone is 10. The highest BCUT2D eigenvalue weighted by Crippen LogP contribution is 2.63. The van der Waals surface area contributed by atoms with Crippen LogP contribution in [0.1, 0.15) is 60.6 Å². The quantitative estimate of drug-likeness (QED) is 0.175. The third kappa shape index (κ3) is 4.37. The second kappa shape index (κ2) is 11.9. The number of benzene rings is 4. The Morgan fingerprint density at radius 3 is 2.51 bits per heavy atom. The summed E-state index contributed by atoms with van der Waals surface area (Å²) in [7, 11) is 0. The van der Waals surface area contributed by atoms with E-state index in [1.165, 1.54) is 44.6 Å². The monoisotopic (exact) mass is 661 g/mol. The first-order valence-electron chi connectivity index (χ1n) is 18.3. The van der Waals surface area contributed by atoms with Gasteiger partial charge in [0, 0.05) is 44.6 Å². The van der Waals surface area contributed by atoms with E-state index < -0.39 is 5.41 Å². The number of para-hydroxylation sites is 3. The molecule has 248 valence electrons. The van der Waals surface area contributed by atoms with E-state index in [0.717, 1.165) is 71.6 Å². The maximum absolute atomic E-state index is 7.63. The zero-order valence-corrected chi connectivity index (χ0v) is 28.8. The molecule has 2 atom stereocenters. The first-order valence-corrected chi connectivity index (χ1v) is 18.3. The Morgan fingerprint density at radius 1 is 0.804 bits per heavy atom. The van der Waals surface area contributed by atoms with Gasteiger partial charge in [0.15, 0.2) is 0 Å². The van der Waals surface area contributed by atoms with E-state index in [4.69, 9.17) is 9.47 Å². The molecule has 5 aliphatic rings. The van der Waals surface area contributed by atoms with Crippen LogP contribution in [0.3, 0.4) is 0 Å². The standard InChI is InChI=1S/C48H39NO2/c1-2-3-21-34(32-17-6-4-7-18-32)47-48(39-26-11-13-30-43(39)50-44-31-16-27-40(44)48)41-28-15-25-38(46(41)51-47)37-24-14-23-36-35-22-10-12-29-42(35)49(45(36)37)33-19-8-5-9-20-33/h2-8,11-19,21,23-26,28-31,47H,9-10,20,22,27H2,1H3/b3-2-,34-21-. The Hall–Kier alpha value is -5.80. The Morgan fingerprint density at radius 2 is 1.63 bits per heavy atom. The van der Waals surface area contributed by atoms with Gasteiger partial charge in [0.05, 0.1) is 10.9 Å². The number of aromatic nitrogens is 1. The van der Waals surface area contributed by atoms with Crippen molar-refractivity contribution in [3.8, 4) is 22.6 Å². The number of rotatable bonds is 5. The summed E-state index contributed by atoms with van der Waals surface area (Å²) >= 11 is 0. The highest BCUT2D eigenvalue weighted by molar-refractivity contribution is 6.03. The molecule has 0 amide bonds. The maximum atomic E-state index is 7.63. The van der Waals surface area contributed by atoms with Gasteiger partial charge in [-0.3, -0.25) is 0 Å². The maximum Gasteiger partial charge on any atom is 0.142 e. The summed E-state index contributed by atoms with van der Waals surface area (Å²) in [6.45, 7) is 2.07. The van der Waals surface area contributed by atoms with Crippen LogP contribution in [0.15, 0.2) is 157 Å². The van der Waals surface area contributed by atoms with E-state index in [2.05, 4.69) is 163 Å². The van der Waals surface area contributed by atoms with Crippen LogP contribution >= 0.6 is 0 Å². The summed E-state index contributed by atoms with van der Waals surface area (Å²) < 4.78 is 16.8. The van der Waals surface area contributed by atoms with Crippen LogP contribution < -0.4 is 9.47 Å². The minimum Gasteiger partial charge on any atom is -0.483 e. The Kier molecular flexibility index (Phi) is 7.02. The van der Waals surface area contributed by atoms with Crippen LogP contribution in [0.2, 0.25) is 0 Å². The molecule has 2 unspecified atom stereocenters. The largest absolute Gasteiger partial charge is 0.483 e. The molecular weight excluding hydrogens is 623 g/mol. The molecule has 0 N–H and O–H groups in total. The first-order chi connectivity index (χ1) is 25.3. The molecule has 0 bridgehead atoms. The lowest BCUT2D eigenvalue weighted by Crippen LogP contribution is -2.44. The van der Waals surface area contributed by atoms with Gasteiger partial charge >= 0.3 is 0 Å². The van der Waals surface area contributed by atoms with E-state index >= 15 is 0 Å². The van der Waals surface area contributed by atoms with Gasteiger partial charge in [-0.25, -0.2) is 0 Å². The van der Waals surface area contributed by atoms with Gasteiger partial charge in [-0.2, -0.15) is 0 Å². The van der Waals surface area contributed by atoms with Crippen LogP contribution in [-0.2, 0) is 11.8 Å². The number of hydrogen-bond donors (Lipinski definition) is 0. The Bertz CT molecular complexity index is 2460. The summed E-state index contributed by atoms with van der Waals surface area (Å²) in [6, 6.07) is 33.0. The molecule has 3 heteroatoms. The molecule has 4 aromatic carbocycles. The van der Waals surface area contributed by atoms with E-state index in [1.807, 2.05) is 0 Å². The normalized spacial score (nSPS) is 21.5. The van der Waals surface area contributed by atoms with Gasteiger partial charge in [0.25, 0.3) is 0 Å². The van der Waals surface area contributed by atoms with Crippen molar-refractivity contribution in [1.29, 1.82) is 0 Å². The molecule has 51 heavy (non-hydrogen) atoms. The summed E-state index contributed by atoms with van der Waals surface area (Å²) in [5.41, 5.74) is 13.0. The lowest BCUT2D eigenvalue weighted by Gasteiger charge is -2.41. The summed E-state index contributed by atoms with van der Waals surface area (Å²) in [4.78, 5) is 0. The van der Waals surface area contributed by atoms with E-state index in [0.29, 0.717) is 0 Å². The van der Waals surface area contributed by atoms with Gasteiger partial charge < -0.3 is 14.0 Å². The van der Waals surface area contributed by atoms with Crippen molar-refractivity contribution in [3.05, 3.63) is 185 Å². The predicted octanol–water partition coefficient (Wildman–Crippen LogP) is 11.8. The fourth-order valence-electron chi connectivity index (χ4n) is 9.28. The second-order valence-electron chi connectivity index (χ2n) is 14.0. The fraction of sp³-hybridized carbons (Fsp3) is 0.167. The zero-order valence-electron chi connectivity index (χ0n) is 28.8. The molecule has 0 saturated carbocycles. The van der Waals surface area contributed by atoms with Crippen molar-refractivity contribution in [2.24, 2.45) is 0 Å². The van der Waals surface area contributed by atoms with E-state index in [-0.39, 0.29) is 6.10 Å². The van der Waals surface area contributed by atoms with Crippen LogP contribution in [0.4, 0.5) is 0 Å². The Balaban J connectivity index is 1.29. The smallest absolute Gasteiger partial charge is 0.142 e. The predicted molar refractivity (Wildman–Crippen MR) is 210 cm³/mol. The van der Waals surface area contributed by atoms with E-state index in [1.54, 1.807) is 0 Å². The lowest BCUT2D eigenvalue weighted by molar-refractivity contribution is 0.230. The third-order valence-electron chi connectivity index (χ3n) is 11.4. The highest BCUT2D eigenvalue weighted by Gasteiger charge is 2.58. The van der Waals surface area contributed by atoms with Crippen molar-refractivity contribution >= 4 is 28.2 Å². The molecule has 3 aliphatic carbocycles. The highest BCUT2D eigenvalue weighted by atomic mass is 16.5. The minimum absolute atomic E-state index is 0.337. The molecule has 0 radical (unpaired) electrons. The molecular formula is C48H39NO2. The molecule has 3 nitrogen and oxygen atoms in total. The number of fused-ring (bicyclic) bond motifs is 8. The van der Waals surface area contributed by atoms with Gasteiger partial charge in [-0.1, -0.05) is 127 Å². The van der Waals surface area contributed by atoms with Crippen molar-refractivity contribution < 1.29 is 9.47 Å². The molecule has 1 aromatic heterocycles. The average Bonchev–Trinajstić information content (AvgIpc) is 3.90. The number of aryl methyl sites for hydroxylation is 1. The minimum atomic E-state index is -0.600. The lowest BCUT2D eigenvalue weighted by atomic mass is 9.62. The topological polar surface area (TPSA) is 23.4 Å². The van der Waals surface area contributed by atoms with E-state index in [9.17, 15) is 0 Å². The molecule has 10 rings (SSSR count). The molecule has 1 spiro atoms. The van der Waals surface area contributed by atoms with Crippen LogP contribution in [0.5, 0.6) is 11.5 Å². The van der Waals surface area contributed by atoms with Gasteiger partial charge in [0.1, 0.15) is 23.4 Å². The van der Waals surface area contributed by atoms with Crippen molar-refractivity contribution in [2.75, 3.05) is 0 Å². The molecule has 2 aliphatic heterocycles. The van der Waals surface area contributed by atoms with Crippen LogP contribution in [0, 0.1) is 0 Å². The number of hydrogen-bond acceptors (Lipinski definition) is 2. The first kappa shape index (κ1) is 30.1. The van der Waals surface area contributed by atoms with Crippen LogP contribution in [0.25, 0.3) is 39.4 Å². The van der Waals surface area contributed by atoms with Gasteiger partial charge in [0.2, 0.25) is 0 Å². The van der Waals surface area contributed by atoms with Crippen molar-refractivity contribution in [1.82, 2.24) is 4.57 Å². The van der Waals surface area contributed by atoms with Crippen molar-refractivity contribution in [2.45, 2.75) is 50.5 Å². The zero-order chi connectivity index (χ0) is 33.9. The van der Waals surface area contributed by atoms with Gasteiger partial charge in [-0.05, 0) is 80.0 Å². The van der Waals surface area contributed by atoms with Gasteiger partial charge in [-0.15, -0.1) is 0 Å². The molecule has 5 aromatic rings. The number of nitrogens with zero attached hydrogens (tertiary/aromatic N) is 1. The Labute approximate surface area is 299 Å². The third-order valence-corrected chi connectivity index (χ3v) is 11.4. The fourth-order valence-corrected chi connectivity index (χ4v) is 9.28. The summed E-state index contributed by atoms with van der Waals surface area (Å²) in [5, 5.41) is 1.34. The summed E-state index contributed by atoms with van der Waals surface area (Å²) in [6.07, 6.45) is 27.0. The van der Waals surface area contributed by atoms with Crippen LogP contribution in [-0.4, -0.2) is 10.7 Å². The molecule has 0 saturated heterocycles. The van der Waals surface area contributed by atoms with Crippen molar-refractivity contribution in [3.63, 3.8) is 0 Å². The molecule has 0 fully saturated rings. The molecule has 3 heterocycles. The summed E-state index contributed by atoms with van der Waals surface area (Å²) in [5.74, 6) is 2.78.